The van der Waals surface area contributed by atoms with Crippen molar-refractivity contribution in [3.8, 4) is 0 Å². The molecule has 3 saturated carbocycles. The number of carbonyl (C=O) groups is 1. The van der Waals surface area contributed by atoms with Crippen LogP contribution in [0.15, 0.2) is 24.5 Å². The molecule has 2 aromatic rings. The van der Waals surface area contributed by atoms with Gasteiger partial charge in [0.15, 0.2) is 5.78 Å². The van der Waals surface area contributed by atoms with Crippen LogP contribution in [0.3, 0.4) is 0 Å². The van der Waals surface area contributed by atoms with Crippen molar-refractivity contribution in [1.82, 2.24) is 14.8 Å². The molecular weight excluding hydrogens is 448 g/mol. The number of hydrogen-bond acceptors (Lipinski definition) is 4. The molecular formula is C28H39F2N3O2. The highest BCUT2D eigenvalue weighted by atomic mass is 19.3. The molecule has 5 rings (SSSR count). The lowest BCUT2D eigenvalue weighted by Gasteiger charge is -2.53. The molecule has 3 aliphatic rings. The van der Waals surface area contributed by atoms with Gasteiger partial charge in [-0.15, -0.1) is 0 Å². The molecule has 0 aromatic carbocycles. The maximum absolute atomic E-state index is 13.4. The van der Waals surface area contributed by atoms with Crippen molar-refractivity contribution in [2.75, 3.05) is 0 Å². The summed E-state index contributed by atoms with van der Waals surface area (Å²) in [6.45, 7) is 2.40. The molecule has 3 fully saturated rings. The molecule has 7 unspecified atom stereocenters. The number of halogens is 2. The zero-order valence-electron chi connectivity index (χ0n) is 20.8. The number of carbonyl (C=O) groups excluding carboxylic acids is 1. The zero-order chi connectivity index (χ0) is 24.6. The maximum Gasteiger partial charge on any atom is 0.266 e. The fourth-order valence-electron chi connectivity index (χ4n) is 7.90. The third-order valence-corrected chi connectivity index (χ3v) is 9.78. The van der Waals surface area contributed by atoms with Crippen LogP contribution in [-0.2, 0) is 11.3 Å². The fourth-order valence-corrected chi connectivity index (χ4v) is 7.90. The zero-order valence-corrected chi connectivity index (χ0v) is 20.8. The molecule has 0 aliphatic heterocycles. The van der Waals surface area contributed by atoms with Gasteiger partial charge in [-0.2, -0.15) is 5.10 Å². The van der Waals surface area contributed by atoms with E-state index < -0.39 is 12.0 Å². The number of Topliss-reactive ketones (excluding diaryl/α,β-unsaturated/α-hetero) is 1. The number of nitrogens with zero attached hydrogens (tertiary/aromatic N) is 3. The van der Waals surface area contributed by atoms with Crippen molar-refractivity contribution in [3.05, 3.63) is 24.5 Å². The normalized spacial score (nSPS) is 33.9. The smallest absolute Gasteiger partial charge is 0.266 e. The van der Waals surface area contributed by atoms with E-state index in [0.717, 1.165) is 49.6 Å². The van der Waals surface area contributed by atoms with E-state index in [1.54, 1.807) is 17.1 Å². The molecule has 2 heterocycles. The van der Waals surface area contributed by atoms with E-state index in [1.165, 1.54) is 19.3 Å². The van der Waals surface area contributed by atoms with Crippen molar-refractivity contribution in [1.29, 1.82) is 0 Å². The van der Waals surface area contributed by atoms with Gasteiger partial charge >= 0.3 is 0 Å². The highest BCUT2D eigenvalue weighted by Crippen LogP contribution is 2.56. The Bertz CT molecular complexity index is 1030. The molecule has 3 aliphatic carbocycles. The Balaban J connectivity index is 1.19. The number of rotatable bonds is 8. The number of aliphatic hydroxyl groups is 1. The van der Waals surface area contributed by atoms with Gasteiger partial charge in [0.25, 0.3) is 6.43 Å². The Labute approximate surface area is 206 Å². The first-order valence-electron chi connectivity index (χ1n) is 13.7. The molecule has 0 saturated heterocycles. The molecule has 0 amide bonds. The molecule has 0 spiro atoms. The van der Waals surface area contributed by atoms with Gasteiger partial charge in [-0.1, -0.05) is 19.8 Å². The van der Waals surface area contributed by atoms with E-state index in [4.69, 9.17) is 0 Å². The second-order valence-corrected chi connectivity index (χ2v) is 11.5. The summed E-state index contributed by atoms with van der Waals surface area (Å²) in [5, 5.41) is 14.8. The van der Waals surface area contributed by atoms with Gasteiger partial charge in [0, 0.05) is 12.1 Å². The van der Waals surface area contributed by atoms with Crippen LogP contribution in [0.2, 0.25) is 0 Å². The summed E-state index contributed by atoms with van der Waals surface area (Å²) in [6.07, 6.45) is 10.6. The summed E-state index contributed by atoms with van der Waals surface area (Å²) in [5.74, 6) is 2.90. The van der Waals surface area contributed by atoms with Gasteiger partial charge in [-0.3, -0.25) is 14.5 Å². The van der Waals surface area contributed by atoms with E-state index in [-0.39, 0.29) is 30.5 Å². The SMILES string of the molecule is CCC(CCC1CCCC2C1CCC1CC(O)(C(F)F)CCC12)C(=O)Cn1ncc2ncccc21. The number of aromatic nitrogens is 3. The average molecular weight is 488 g/mol. The van der Waals surface area contributed by atoms with Gasteiger partial charge in [0.05, 0.1) is 11.7 Å². The Hall–Kier alpha value is -1.89. The Morgan fingerprint density at radius 3 is 2.86 bits per heavy atom. The topological polar surface area (TPSA) is 68.0 Å². The Kier molecular flexibility index (Phi) is 7.25. The molecule has 7 atom stereocenters. The molecule has 1 N–H and O–H groups in total. The van der Waals surface area contributed by atoms with E-state index in [2.05, 4.69) is 17.0 Å². The number of ketones is 1. The molecule has 7 heteroatoms. The minimum absolute atomic E-state index is 0.0402. The second kappa shape index (κ2) is 10.2. The van der Waals surface area contributed by atoms with Crippen molar-refractivity contribution in [2.45, 2.75) is 96.1 Å². The molecule has 5 nitrogen and oxygen atoms in total. The van der Waals surface area contributed by atoms with Crippen molar-refractivity contribution in [2.24, 2.45) is 35.5 Å². The first kappa shape index (κ1) is 24.8. The summed E-state index contributed by atoms with van der Waals surface area (Å²) in [5.41, 5.74) is -0.0621. The molecule has 2 aromatic heterocycles. The summed E-state index contributed by atoms with van der Waals surface area (Å²) >= 11 is 0. The minimum atomic E-state index is -2.64. The van der Waals surface area contributed by atoms with Gasteiger partial charge in [0.2, 0.25) is 0 Å². The summed E-state index contributed by atoms with van der Waals surface area (Å²) in [6, 6.07) is 3.83. The van der Waals surface area contributed by atoms with Crippen LogP contribution >= 0.6 is 0 Å². The van der Waals surface area contributed by atoms with Crippen LogP contribution in [0.5, 0.6) is 0 Å². The van der Waals surface area contributed by atoms with Gasteiger partial charge in [-0.05, 0) is 99.5 Å². The summed E-state index contributed by atoms with van der Waals surface area (Å²) in [7, 11) is 0. The molecule has 0 bridgehead atoms. The largest absolute Gasteiger partial charge is 0.384 e. The second-order valence-electron chi connectivity index (χ2n) is 11.5. The Morgan fingerprint density at radius 2 is 2.06 bits per heavy atom. The van der Waals surface area contributed by atoms with Crippen LogP contribution in [0.4, 0.5) is 8.78 Å². The van der Waals surface area contributed by atoms with Crippen LogP contribution < -0.4 is 0 Å². The lowest BCUT2D eigenvalue weighted by atomic mass is 9.53. The van der Waals surface area contributed by atoms with Gasteiger partial charge in [0.1, 0.15) is 17.7 Å². The third-order valence-electron chi connectivity index (χ3n) is 9.78. The third kappa shape index (κ3) is 4.90. The number of hydrogen-bond donors (Lipinski definition) is 1. The molecule has 192 valence electrons. The lowest BCUT2D eigenvalue weighted by molar-refractivity contribution is -0.154. The monoisotopic (exact) mass is 487 g/mol. The quantitative estimate of drug-likeness (QED) is 0.492. The van der Waals surface area contributed by atoms with Gasteiger partial charge in [-0.25, -0.2) is 8.78 Å². The number of pyridine rings is 1. The van der Waals surface area contributed by atoms with Gasteiger partial charge < -0.3 is 5.11 Å². The minimum Gasteiger partial charge on any atom is -0.384 e. The predicted octanol–water partition coefficient (Wildman–Crippen LogP) is 6.05. The van der Waals surface area contributed by atoms with Crippen molar-refractivity contribution in [3.63, 3.8) is 0 Å². The number of alkyl halides is 2. The molecule has 35 heavy (non-hydrogen) atoms. The lowest BCUT2D eigenvalue weighted by Crippen LogP contribution is -2.50. The van der Waals surface area contributed by atoms with Crippen LogP contribution in [0, 0.1) is 35.5 Å². The Morgan fingerprint density at radius 1 is 1.20 bits per heavy atom. The average Bonchev–Trinajstić information content (AvgIpc) is 3.26. The highest BCUT2D eigenvalue weighted by Gasteiger charge is 2.51. The van der Waals surface area contributed by atoms with Crippen molar-refractivity contribution < 1.29 is 18.7 Å². The highest BCUT2D eigenvalue weighted by molar-refractivity contribution is 5.83. The summed E-state index contributed by atoms with van der Waals surface area (Å²) < 4.78 is 28.7. The summed E-state index contributed by atoms with van der Waals surface area (Å²) in [4.78, 5) is 17.5. The van der Waals surface area contributed by atoms with Crippen molar-refractivity contribution >= 4 is 16.8 Å². The van der Waals surface area contributed by atoms with Crippen LogP contribution in [0.25, 0.3) is 11.0 Å². The number of fused-ring (bicyclic) bond motifs is 4. The first-order valence-corrected chi connectivity index (χ1v) is 13.7. The fraction of sp³-hybridized carbons (Fsp3) is 0.750. The van der Waals surface area contributed by atoms with E-state index in [0.29, 0.717) is 30.2 Å². The van der Waals surface area contributed by atoms with E-state index >= 15 is 0 Å². The standard InChI is InChI=1S/C28H39F2N3O2/c1-2-18(26(34)17-33-25-7-4-14-31-24(25)16-32-33)8-9-19-5-3-6-23-21(19)11-10-20-15-28(35,27(29)30)13-12-22(20)23/h4,7,14,16,18-23,27,35H,2-3,5-6,8-13,15,17H2,1H3. The van der Waals surface area contributed by atoms with E-state index in [1.807, 2.05) is 12.1 Å². The van der Waals surface area contributed by atoms with Crippen LogP contribution in [-0.4, -0.2) is 37.7 Å². The maximum atomic E-state index is 13.4. The van der Waals surface area contributed by atoms with E-state index in [9.17, 15) is 18.7 Å². The predicted molar refractivity (Wildman–Crippen MR) is 131 cm³/mol. The first-order chi connectivity index (χ1) is 16.9. The molecule has 0 radical (unpaired) electrons. The van der Waals surface area contributed by atoms with Crippen LogP contribution in [0.1, 0.15) is 77.6 Å².